The van der Waals surface area contributed by atoms with E-state index in [2.05, 4.69) is 10.5 Å². The highest BCUT2D eigenvalue weighted by molar-refractivity contribution is 5.74. The summed E-state index contributed by atoms with van der Waals surface area (Å²) >= 11 is 0. The molecule has 1 saturated heterocycles. The van der Waals surface area contributed by atoms with Crippen molar-refractivity contribution in [3.63, 3.8) is 0 Å². The number of carbonyl (C=O) groups excluding carboxylic acids is 1. The van der Waals surface area contributed by atoms with Crippen LogP contribution in [-0.2, 0) is 0 Å². The number of nitrogens with one attached hydrogen (secondary N) is 1. The Labute approximate surface area is 125 Å². The maximum absolute atomic E-state index is 12.4. The third-order valence-corrected chi connectivity index (χ3v) is 4.29. The molecule has 2 N–H and O–H groups in total. The summed E-state index contributed by atoms with van der Waals surface area (Å²) in [6.45, 7) is 8.79. The van der Waals surface area contributed by atoms with Crippen LogP contribution in [0.25, 0.3) is 0 Å². The van der Waals surface area contributed by atoms with Crippen LogP contribution in [0.2, 0.25) is 0 Å². The molecular weight excluding hydrogens is 270 g/mol. The third-order valence-electron chi connectivity index (χ3n) is 4.29. The molecule has 0 bridgehead atoms. The van der Waals surface area contributed by atoms with E-state index in [0.717, 1.165) is 36.4 Å². The molecule has 6 heteroatoms. The summed E-state index contributed by atoms with van der Waals surface area (Å²) in [5.74, 6) is 0.902. The second-order valence-corrected chi connectivity index (χ2v) is 6.00. The summed E-state index contributed by atoms with van der Waals surface area (Å²) in [5.41, 5.74) is 1.74. The number of likely N-dealkylation sites (tertiary alicyclic amines) is 1. The third kappa shape index (κ3) is 3.56. The van der Waals surface area contributed by atoms with Crippen LogP contribution < -0.4 is 5.32 Å². The molecule has 0 radical (unpaired) electrons. The van der Waals surface area contributed by atoms with E-state index in [4.69, 9.17) is 4.52 Å². The van der Waals surface area contributed by atoms with E-state index in [0.29, 0.717) is 6.54 Å². The molecule has 0 aromatic carbocycles. The highest BCUT2D eigenvalue weighted by atomic mass is 16.5. The maximum atomic E-state index is 12.4. The zero-order valence-corrected chi connectivity index (χ0v) is 13.2. The molecule has 1 aromatic heterocycles. The number of aromatic nitrogens is 1. The van der Waals surface area contributed by atoms with Gasteiger partial charge in [0.15, 0.2) is 0 Å². The molecule has 3 unspecified atom stereocenters. The van der Waals surface area contributed by atoms with Crippen molar-refractivity contribution >= 4 is 6.03 Å². The molecule has 1 aromatic rings. The molecule has 2 amide bonds. The molecule has 1 aliphatic rings. The lowest BCUT2D eigenvalue weighted by atomic mass is 9.93. The van der Waals surface area contributed by atoms with Crippen molar-refractivity contribution in [2.75, 3.05) is 13.1 Å². The predicted molar refractivity (Wildman–Crippen MR) is 78.9 cm³/mol. The van der Waals surface area contributed by atoms with Gasteiger partial charge < -0.3 is 19.8 Å². The number of rotatable bonds is 3. The molecule has 0 saturated carbocycles. The first kappa shape index (κ1) is 15.8. The minimum atomic E-state index is -0.374. The first-order chi connectivity index (χ1) is 9.90. The van der Waals surface area contributed by atoms with Crippen LogP contribution in [0.15, 0.2) is 4.52 Å². The van der Waals surface area contributed by atoms with Crippen LogP contribution in [0.3, 0.4) is 0 Å². The number of hydrogen-bond donors (Lipinski definition) is 2. The SMILES string of the molecule is Cc1noc(C)c1C(C)NC(=O)N1CCCC(C(C)O)C1. The number of hydrogen-bond acceptors (Lipinski definition) is 4. The molecule has 21 heavy (non-hydrogen) atoms. The zero-order valence-electron chi connectivity index (χ0n) is 13.2. The largest absolute Gasteiger partial charge is 0.393 e. The number of aliphatic hydroxyl groups is 1. The Morgan fingerprint density at radius 1 is 1.48 bits per heavy atom. The Balaban J connectivity index is 1.98. The summed E-state index contributed by atoms with van der Waals surface area (Å²) < 4.78 is 5.14. The Bertz CT molecular complexity index is 479. The zero-order chi connectivity index (χ0) is 15.6. The maximum Gasteiger partial charge on any atom is 0.317 e. The molecule has 118 valence electrons. The number of aliphatic hydroxyl groups excluding tert-OH is 1. The average Bonchev–Trinajstić information content (AvgIpc) is 2.78. The van der Waals surface area contributed by atoms with E-state index >= 15 is 0 Å². The molecular formula is C15H25N3O3. The molecule has 1 aliphatic heterocycles. The van der Waals surface area contributed by atoms with Crippen molar-refractivity contribution in [2.24, 2.45) is 5.92 Å². The van der Waals surface area contributed by atoms with Crippen LogP contribution in [-0.4, -0.2) is 40.4 Å². The van der Waals surface area contributed by atoms with Gasteiger partial charge in [0.25, 0.3) is 0 Å². The lowest BCUT2D eigenvalue weighted by Crippen LogP contribution is -2.48. The van der Waals surface area contributed by atoms with E-state index in [-0.39, 0.29) is 24.1 Å². The molecule has 0 aliphatic carbocycles. The first-order valence-electron chi connectivity index (χ1n) is 7.56. The average molecular weight is 295 g/mol. The van der Waals surface area contributed by atoms with Crippen molar-refractivity contribution in [1.82, 2.24) is 15.4 Å². The first-order valence-corrected chi connectivity index (χ1v) is 7.56. The Morgan fingerprint density at radius 2 is 2.19 bits per heavy atom. The van der Waals surface area contributed by atoms with Crippen molar-refractivity contribution in [3.8, 4) is 0 Å². The van der Waals surface area contributed by atoms with Crippen molar-refractivity contribution in [1.29, 1.82) is 0 Å². The van der Waals surface area contributed by atoms with Crippen LogP contribution in [0.4, 0.5) is 4.79 Å². The Hall–Kier alpha value is -1.56. The van der Waals surface area contributed by atoms with E-state index in [1.807, 2.05) is 20.8 Å². The molecule has 3 atom stereocenters. The summed E-state index contributed by atoms with van der Waals surface area (Å²) in [4.78, 5) is 14.2. The van der Waals surface area contributed by atoms with Gasteiger partial charge in [-0.05, 0) is 40.5 Å². The molecule has 0 spiro atoms. The van der Waals surface area contributed by atoms with Crippen LogP contribution in [0.1, 0.15) is 49.7 Å². The number of urea groups is 1. The monoisotopic (exact) mass is 295 g/mol. The summed E-state index contributed by atoms with van der Waals surface area (Å²) in [5, 5.41) is 16.6. The quantitative estimate of drug-likeness (QED) is 0.895. The lowest BCUT2D eigenvalue weighted by molar-refractivity contribution is 0.0734. The molecule has 2 rings (SSSR count). The minimum Gasteiger partial charge on any atom is -0.393 e. The van der Waals surface area contributed by atoms with Gasteiger partial charge in [-0.15, -0.1) is 0 Å². The fourth-order valence-electron chi connectivity index (χ4n) is 3.05. The highest BCUT2D eigenvalue weighted by Crippen LogP contribution is 2.23. The van der Waals surface area contributed by atoms with E-state index < -0.39 is 0 Å². The van der Waals surface area contributed by atoms with Gasteiger partial charge in [-0.3, -0.25) is 0 Å². The summed E-state index contributed by atoms with van der Waals surface area (Å²) in [7, 11) is 0. The Kier molecular flexibility index (Phi) is 4.88. The van der Waals surface area contributed by atoms with Crippen molar-refractivity contribution in [2.45, 2.75) is 52.7 Å². The number of amides is 2. The predicted octanol–water partition coefficient (Wildman–Crippen LogP) is 2.15. The van der Waals surface area contributed by atoms with Crippen molar-refractivity contribution in [3.05, 3.63) is 17.0 Å². The van der Waals surface area contributed by atoms with Crippen molar-refractivity contribution < 1.29 is 14.4 Å². The standard InChI is InChI=1S/C15H25N3O3/c1-9(14-10(2)17-21-12(14)4)16-15(20)18-7-5-6-13(8-18)11(3)19/h9,11,13,19H,5-8H2,1-4H3,(H,16,20). The smallest absolute Gasteiger partial charge is 0.317 e. The van der Waals surface area contributed by atoms with Gasteiger partial charge in [0.05, 0.1) is 17.8 Å². The molecule has 2 heterocycles. The highest BCUT2D eigenvalue weighted by Gasteiger charge is 2.28. The van der Waals surface area contributed by atoms with E-state index in [1.165, 1.54) is 0 Å². The van der Waals surface area contributed by atoms with Gasteiger partial charge in [0.1, 0.15) is 5.76 Å². The second-order valence-electron chi connectivity index (χ2n) is 6.00. The second kappa shape index (κ2) is 6.47. The van der Waals surface area contributed by atoms with Gasteiger partial charge in [0.2, 0.25) is 0 Å². The fourth-order valence-corrected chi connectivity index (χ4v) is 3.05. The number of carbonyl (C=O) groups is 1. The van der Waals surface area contributed by atoms with Gasteiger partial charge in [-0.2, -0.15) is 0 Å². The summed E-state index contributed by atoms with van der Waals surface area (Å²) in [6.07, 6.45) is 1.53. The topological polar surface area (TPSA) is 78.6 Å². The van der Waals surface area contributed by atoms with Gasteiger partial charge in [-0.25, -0.2) is 4.79 Å². The fraction of sp³-hybridized carbons (Fsp3) is 0.733. The molecule has 1 fully saturated rings. The van der Waals surface area contributed by atoms with E-state index in [1.54, 1.807) is 11.8 Å². The Morgan fingerprint density at radius 3 is 2.76 bits per heavy atom. The van der Waals surface area contributed by atoms with Gasteiger partial charge in [-0.1, -0.05) is 5.16 Å². The summed E-state index contributed by atoms with van der Waals surface area (Å²) in [6, 6.07) is -0.233. The number of aryl methyl sites for hydroxylation is 2. The molecule has 6 nitrogen and oxygen atoms in total. The van der Waals surface area contributed by atoms with Crippen LogP contribution in [0.5, 0.6) is 0 Å². The minimum absolute atomic E-state index is 0.0900. The van der Waals surface area contributed by atoms with Gasteiger partial charge >= 0.3 is 6.03 Å². The number of nitrogens with zero attached hydrogens (tertiary/aromatic N) is 2. The van der Waals surface area contributed by atoms with E-state index in [9.17, 15) is 9.90 Å². The number of piperidine rings is 1. The normalized spacial score (nSPS) is 22.0. The lowest BCUT2D eigenvalue weighted by Gasteiger charge is -2.34. The van der Waals surface area contributed by atoms with Crippen LogP contribution in [0, 0.1) is 19.8 Å². The van der Waals surface area contributed by atoms with Gasteiger partial charge in [0, 0.05) is 24.6 Å². The van der Waals surface area contributed by atoms with Crippen LogP contribution >= 0.6 is 0 Å².